The molecule has 0 saturated carbocycles. The van der Waals surface area contributed by atoms with Crippen molar-refractivity contribution < 1.29 is 14.3 Å². The molecule has 1 unspecified atom stereocenters. The first kappa shape index (κ1) is 21.2. The second kappa shape index (κ2) is 9.41. The Bertz CT molecular complexity index is 928. The highest BCUT2D eigenvalue weighted by Crippen LogP contribution is 2.30. The van der Waals surface area contributed by atoms with Crippen LogP contribution in [0.4, 0.5) is 11.4 Å². The molecule has 2 fully saturated rings. The maximum Gasteiger partial charge on any atom is 0.228 e. The van der Waals surface area contributed by atoms with Gasteiger partial charge in [0.2, 0.25) is 11.8 Å². The maximum atomic E-state index is 13.3. The molecule has 0 aliphatic carbocycles. The first-order valence-electron chi connectivity index (χ1n) is 11.2. The molecule has 0 bridgehead atoms. The average Bonchev–Trinajstić information content (AvgIpc) is 3.03. The first-order valence-corrected chi connectivity index (χ1v) is 11.2. The van der Waals surface area contributed by atoms with Crippen molar-refractivity contribution >= 4 is 23.2 Å². The third-order valence-corrected chi connectivity index (χ3v) is 6.38. The minimum absolute atomic E-state index is 0.0499. The molecule has 2 aromatic rings. The Balaban J connectivity index is 1.40. The fourth-order valence-electron chi connectivity index (χ4n) is 4.63. The quantitative estimate of drug-likeness (QED) is 0.743. The second-order valence-electron chi connectivity index (χ2n) is 8.25. The molecule has 2 aliphatic heterocycles. The van der Waals surface area contributed by atoms with E-state index in [1.807, 2.05) is 40.1 Å². The molecule has 2 saturated heterocycles. The SMILES string of the molecule is CCc1ccccc1N1CC(C(=O)N2CCCN(c3ccc(OC)cc3)CC2)CC1=O. The number of methoxy groups -OCH3 is 1. The summed E-state index contributed by atoms with van der Waals surface area (Å²) in [6.07, 6.45) is 2.09. The van der Waals surface area contributed by atoms with Crippen LogP contribution in [0.5, 0.6) is 5.75 Å². The lowest BCUT2D eigenvalue weighted by Gasteiger charge is -2.25. The van der Waals surface area contributed by atoms with Crippen LogP contribution < -0.4 is 14.5 Å². The van der Waals surface area contributed by atoms with Gasteiger partial charge in [0.05, 0.1) is 13.0 Å². The number of para-hydroxylation sites is 1. The second-order valence-corrected chi connectivity index (χ2v) is 8.25. The van der Waals surface area contributed by atoms with E-state index in [0.29, 0.717) is 19.5 Å². The molecule has 6 heteroatoms. The topological polar surface area (TPSA) is 53.1 Å². The largest absolute Gasteiger partial charge is 0.497 e. The number of carbonyl (C=O) groups is 2. The summed E-state index contributed by atoms with van der Waals surface area (Å²) in [4.78, 5) is 32.1. The number of benzene rings is 2. The third kappa shape index (κ3) is 4.53. The number of carbonyl (C=O) groups excluding carboxylic acids is 2. The third-order valence-electron chi connectivity index (χ3n) is 6.38. The summed E-state index contributed by atoms with van der Waals surface area (Å²) in [5.74, 6) is 0.746. The van der Waals surface area contributed by atoms with Crippen molar-refractivity contribution in [1.82, 2.24) is 4.90 Å². The van der Waals surface area contributed by atoms with Gasteiger partial charge in [0.1, 0.15) is 5.75 Å². The van der Waals surface area contributed by atoms with E-state index < -0.39 is 0 Å². The van der Waals surface area contributed by atoms with Crippen LogP contribution >= 0.6 is 0 Å². The number of ether oxygens (including phenoxy) is 1. The van der Waals surface area contributed by atoms with Crippen LogP contribution in [0, 0.1) is 5.92 Å². The van der Waals surface area contributed by atoms with E-state index in [1.165, 1.54) is 0 Å². The molecule has 0 spiro atoms. The van der Waals surface area contributed by atoms with E-state index in [1.54, 1.807) is 7.11 Å². The van der Waals surface area contributed by atoms with E-state index in [4.69, 9.17) is 4.74 Å². The van der Waals surface area contributed by atoms with Gasteiger partial charge in [-0.25, -0.2) is 0 Å². The highest BCUT2D eigenvalue weighted by Gasteiger charge is 2.38. The van der Waals surface area contributed by atoms with Crippen LogP contribution in [0.2, 0.25) is 0 Å². The molecule has 164 valence electrons. The van der Waals surface area contributed by atoms with Crippen molar-refractivity contribution in [2.75, 3.05) is 49.6 Å². The number of hydrogen-bond acceptors (Lipinski definition) is 4. The lowest BCUT2D eigenvalue weighted by molar-refractivity contribution is -0.135. The molecule has 6 nitrogen and oxygen atoms in total. The van der Waals surface area contributed by atoms with Gasteiger partial charge >= 0.3 is 0 Å². The molecule has 2 amide bonds. The first-order chi connectivity index (χ1) is 15.1. The highest BCUT2D eigenvalue weighted by molar-refractivity contribution is 6.00. The Kier molecular flexibility index (Phi) is 6.44. The van der Waals surface area contributed by atoms with E-state index in [-0.39, 0.29) is 17.7 Å². The molecule has 4 rings (SSSR count). The van der Waals surface area contributed by atoms with Crippen molar-refractivity contribution in [3.8, 4) is 5.75 Å². The summed E-state index contributed by atoms with van der Waals surface area (Å²) in [7, 11) is 1.67. The number of rotatable bonds is 5. The zero-order valence-electron chi connectivity index (χ0n) is 18.4. The number of aryl methyl sites for hydroxylation is 1. The minimum atomic E-state index is -0.259. The lowest BCUT2D eigenvalue weighted by atomic mass is 10.1. The molecule has 31 heavy (non-hydrogen) atoms. The van der Waals surface area contributed by atoms with Crippen molar-refractivity contribution in [3.63, 3.8) is 0 Å². The van der Waals surface area contributed by atoms with Gasteiger partial charge in [0, 0.05) is 50.5 Å². The van der Waals surface area contributed by atoms with E-state index in [2.05, 4.69) is 30.0 Å². The van der Waals surface area contributed by atoms with Crippen LogP contribution in [0.1, 0.15) is 25.3 Å². The number of nitrogens with zero attached hydrogens (tertiary/aromatic N) is 3. The summed E-state index contributed by atoms with van der Waals surface area (Å²) in [5, 5.41) is 0. The Morgan fingerprint density at radius 1 is 1.03 bits per heavy atom. The highest BCUT2D eigenvalue weighted by atomic mass is 16.5. The Morgan fingerprint density at radius 3 is 2.55 bits per heavy atom. The summed E-state index contributed by atoms with van der Waals surface area (Å²) >= 11 is 0. The van der Waals surface area contributed by atoms with Crippen molar-refractivity contribution in [3.05, 3.63) is 54.1 Å². The minimum Gasteiger partial charge on any atom is -0.497 e. The van der Waals surface area contributed by atoms with Crippen LogP contribution in [-0.2, 0) is 16.0 Å². The van der Waals surface area contributed by atoms with E-state index >= 15 is 0 Å². The van der Waals surface area contributed by atoms with Gasteiger partial charge in [-0.3, -0.25) is 9.59 Å². The van der Waals surface area contributed by atoms with Crippen LogP contribution in [0.3, 0.4) is 0 Å². The van der Waals surface area contributed by atoms with Crippen LogP contribution in [0.25, 0.3) is 0 Å². The normalized spacial score (nSPS) is 19.5. The standard InChI is InChI=1S/C25H31N3O3/c1-3-19-7-4-5-8-23(19)28-18-20(17-24(28)29)25(30)27-14-6-13-26(15-16-27)21-9-11-22(31-2)12-10-21/h4-5,7-12,20H,3,6,13-18H2,1-2H3. The fourth-order valence-corrected chi connectivity index (χ4v) is 4.63. The van der Waals surface area contributed by atoms with Gasteiger partial charge in [-0.05, 0) is 48.7 Å². The summed E-state index contributed by atoms with van der Waals surface area (Å²) < 4.78 is 5.25. The summed E-state index contributed by atoms with van der Waals surface area (Å²) in [6.45, 7) is 5.70. The van der Waals surface area contributed by atoms with Crippen molar-refractivity contribution in [2.45, 2.75) is 26.2 Å². The van der Waals surface area contributed by atoms with E-state index in [0.717, 1.165) is 55.2 Å². The molecular formula is C25H31N3O3. The average molecular weight is 422 g/mol. The van der Waals surface area contributed by atoms with Gasteiger partial charge in [-0.2, -0.15) is 0 Å². The number of amides is 2. The van der Waals surface area contributed by atoms with Crippen LogP contribution in [0.15, 0.2) is 48.5 Å². The summed E-state index contributed by atoms with van der Waals surface area (Å²) in [5.41, 5.74) is 3.24. The Hall–Kier alpha value is -3.02. The smallest absolute Gasteiger partial charge is 0.228 e. The monoisotopic (exact) mass is 421 g/mol. The molecule has 2 heterocycles. The predicted molar refractivity (Wildman–Crippen MR) is 123 cm³/mol. The molecule has 2 aliphatic rings. The Labute approximate surface area is 184 Å². The Morgan fingerprint density at radius 2 is 1.81 bits per heavy atom. The maximum absolute atomic E-state index is 13.3. The number of hydrogen-bond donors (Lipinski definition) is 0. The molecule has 0 radical (unpaired) electrons. The van der Waals surface area contributed by atoms with Crippen LogP contribution in [-0.4, -0.2) is 56.5 Å². The zero-order chi connectivity index (χ0) is 21.8. The van der Waals surface area contributed by atoms with E-state index in [9.17, 15) is 9.59 Å². The van der Waals surface area contributed by atoms with Gasteiger partial charge in [0.15, 0.2) is 0 Å². The fraction of sp³-hybridized carbons (Fsp3) is 0.440. The molecule has 2 aromatic carbocycles. The predicted octanol–water partition coefficient (Wildman–Crippen LogP) is 3.35. The molecule has 0 aromatic heterocycles. The lowest BCUT2D eigenvalue weighted by Crippen LogP contribution is -2.40. The summed E-state index contributed by atoms with van der Waals surface area (Å²) in [6, 6.07) is 16.1. The molecular weight excluding hydrogens is 390 g/mol. The van der Waals surface area contributed by atoms with Gasteiger partial charge < -0.3 is 19.4 Å². The molecule has 1 atom stereocenters. The van der Waals surface area contributed by atoms with Gasteiger partial charge in [-0.1, -0.05) is 25.1 Å². The van der Waals surface area contributed by atoms with Gasteiger partial charge in [0.25, 0.3) is 0 Å². The van der Waals surface area contributed by atoms with Gasteiger partial charge in [-0.15, -0.1) is 0 Å². The van der Waals surface area contributed by atoms with Crippen molar-refractivity contribution in [2.24, 2.45) is 5.92 Å². The zero-order valence-corrected chi connectivity index (χ0v) is 18.4. The number of anilines is 2. The van der Waals surface area contributed by atoms with Crippen molar-refractivity contribution in [1.29, 1.82) is 0 Å². The molecule has 0 N–H and O–H groups in total.